The first-order valence-corrected chi connectivity index (χ1v) is 12.7. The van der Waals surface area contributed by atoms with E-state index in [9.17, 15) is 9.18 Å². The first-order chi connectivity index (χ1) is 16.5. The van der Waals surface area contributed by atoms with Gasteiger partial charge in [-0.3, -0.25) is 9.69 Å². The van der Waals surface area contributed by atoms with Crippen LogP contribution in [-0.2, 0) is 24.4 Å². The number of carbonyl (C=O) groups is 1. The molecule has 0 radical (unpaired) electrons. The van der Waals surface area contributed by atoms with E-state index in [1.54, 1.807) is 18.0 Å². The smallest absolute Gasteiger partial charge is 0.235 e. The molecule has 34 heavy (non-hydrogen) atoms. The third kappa shape index (κ3) is 6.45. The van der Waals surface area contributed by atoms with Crippen LogP contribution in [0.4, 0.5) is 4.39 Å². The summed E-state index contributed by atoms with van der Waals surface area (Å²) in [7, 11) is 1.75. The SMILES string of the molecule is CC(Sc1nnc(CN2CCCCC2)n1Cc1ccccc1)C(=O)N(C)Cc1cccc(F)c1. The third-order valence-corrected chi connectivity index (χ3v) is 7.17. The van der Waals surface area contributed by atoms with Gasteiger partial charge in [0.25, 0.3) is 0 Å². The molecule has 1 aliphatic rings. The molecule has 0 aliphatic carbocycles. The lowest BCUT2D eigenvalue weighted by molar-refractivity contribution is -0.129. The Bertz CT molecular complexity index is 1080. The Balaban J connectivity index is 1.48. The number of aromatic nitrogens is 3. The molecule has 0 spiro atoms. The van der Waals surface area contributed by atoms with Crippen LogP contribution in [0.5, 0.6) is 0 Å². The van der Waals surface area contributed by atoms with E-state index in [4.69, 9.17) is 0 Å². The molecular formula is C26H32FN5OS. The molecule has 1 amide bonds. The summed E-state index contributed by atoms with van der Waals surface area (Å²) in [6.45, 7) is 5.85. The number of thioether (sulfide) groups is 1. The Morgan fingerprint density at radius 1 is 1.03 bits per heavy atom. The molecule has 2 heterocycles. The predicted octanol–water partition coefficient (Wildman–Crippen LogP) is 4.59. The average molecular weight is 482 g/mol. The summed E-state index contributed by atoms with van der Waals surface area (Å²) < 4.78 is 15.7. The second-order valence-corrected chi connectivity index (χ2v) is 10.2. The van der Waals surface area contributed by atoms with Crippen molar-refractivity contribution in [1.82, 2.24) is 24.6 Å². The lowest BCUT2D eigenvalue weighted by Gasteiger charge is -2.26. The van der Waals surface area contributed by atoms with Gasteiger partial charge in [-0.25, -0.2) is 4.39 Å². The van der Waals surface area contributed by atoms with Gasteiger partial charge in [-0.15, -0.1) is 10.2 Å². The summed E-state index contributed by atoms with van der Waals surface area (Å²) in [6, 6.07) is 16.6. The van der Waals surface area contributed by atoms with Crippen LogP contribution < -0.4 is 0 Å². The molecule has 2 aromatic carbocycles. The first kappa shape index (κ1) is 24.4. The molecule has 1 saturated heterocycles. The number of rotatable bonds is 9. The Morgan fingerprint density at radius 3 is 2.50 bits per heavy atom. The molecule has 1 aliphatic heterocycles. The van der Waals surface area contributed by atoms with E-state index in [1.165, 1.54) is 48.7 Å². The molecule has 0 N–H and O–H groups in total. The van der Waals surface area contributed by atoms with E-state index in [0.717, 1.165) is 36.2 Å². The number of likely N-dealkylation sites (tertiary alicyclic amines) is 1. The second-order valence-electron chi connectivity index (χ2n) is 8.89. The molecule has 180 valence electrons. The van der Waals surface area contributed by atoms with Crippen LogP contribution in [0.2, 0.25) is 0 Å². The van der Waals surface area contributed by atoms with Crippen molar-refractivity contribution in [2.24, 2.45) is 0 Å². The van der Waals surface area contributed by atoms with Crippen molar-refractivity contribution in [3.63, 3.8) is 0 Å². The van der Waals surface area contributed by atoms with Crippen molar-refractivity contribution >= 4 is 17.7 Å². The van der Waals surface area contributed by atoms with Crippen molar-refractivity contribution in [1.29, 1.82) is 0 Å². The summed E-state index contributed by atoms with van der Waals surface area (Å²) in [4.78, 5) is 17.1. The zero-order chi connectivity index (χ0) is 23.9. The quantitative estimate of drug-likeness (QED) is 0.419. The predicted molar refractivity (Wildman–Crippen MR) is 133 cm³/mol. The first-order valence-electron chi connectivity index (χ1n) is 11.8. The summed E-state index contributed by atoms with van der Waals surface area (Å²) in [5.74, 6) is 0.609. The van der Waals surface area contributed by atoms with Gasteiger partial charge >= 0.3 is 0 Å². The lowest BCUT2D eigenvalue weighted by atomic mass is 10.1. The molecule has 0 bridgehead atoms. The number of benzene rings is 2. The van der Waals surface area contributed by atoms with E-state index >= 15 is 0 Å². The molecule has 3 aromatic rings. The Hall–Kier alpha value is -2.71. The number of hydrogen-bond acceptors (Lipinski definition) is 5. The highest BCUT2D eigenvalue weighted by Crippen LogP contribution is 2.26. The molecule has 6 nitrogen and oxygen atoms in total. The number of carbonyl (C=O) groups excluding carboxylic acids is 1. The van der Waals surface area contributed by atoms with Gasteiger partial charge in [0.2, 0.25) is 5.91 Å². The molecule has 1 aromatic heterocycles. The fraction of sp³-hybridized carbons (Fsp3) is 0.423. The van der Waals surface area contributed by atoms with Crippen LogP contribution in [0, 0.1) is 5.82 Å². The summed E-state index contributed by atoms with van der Waals surface area (Å²) in [6.07, 6.45) is 3.73. The van der Waals surface area contributed by atoms with Crippen LogP contribution in [0.3, 0.4) is 0 Å². The van der Waals surface area contributed by atoms with Gasteiger partial charge in [0.05, 0.1) is 18.3 Å². The molecule has 4 rings (SSSR count). The Kier molecular flexibility index (Phi) is 8.34. The molecule has 0 saturated carbocycles. The standard InChI is InChI=1S/C26H32FN5OS/c1-20(25(33)30(2)17-22-12-9-13-23(27)16-22)34-26-29-28-24(19-31-14-7-4-8-15-31)32(26)18-21-10-5-3-6-11-21/h3,5-6,9-13,16,20H,4,7-8,14-15,17-19H2,1-2H3. The van der Waals surface area contributed by atoms with Gasteiger partial charge in [-0.2, -0.15) is 0 Å². The third-order valence-electron chi connectivity index (χ3n) is 6.11. The minimum absolute atomic E-state index is 0.0268. The van der Waals surface area contributed by atoms with Crippen molar-refractivity contribution in [3.05, 3.63) is 77.4 Å². The fourth-order valence-corrected chi connectivity index (χ4v) is 5.25. The van der Waals surface area contributed by atoms with E-state index in [1.807, 2.05) is 31.2 Å². The lowest BCUT2D eigenvalue weighted by Crippen LogP contribution is -2.33. The maximum absolute atomic E-state index is 13.5. The highest BCUT2D eigenvalue weighted by Gasteiger charge is 2.24. The van der Waals surface area contributed by atoms with Gasteiger partial charge in [0.15, 0.2) is 5.16 Å². The zero-order valence-corrected chi connectivity index (χ0v) is 20.7. The van der Waals surface area contributed by atoms with Gasteiger partial charge < -0.3 is 9.47 Å². The highest BCUT2D eigenvalue weighted by atomic mass is 32.2. The van der Waals surface area contributed by atoms with Gasteiger partial charge in [0.1, 0.15) is 11.6 Å². The maximum atomic E-state index is 13.5. The van der Waals surface area contributed by atoms with E-state index in [-0.39, 0.29) is 17.0 Å². The number of halogens is 1. The summed E-state index contributed by atoms with van der Waals surface area (Å²) >= 11 is 1.43. The number of amides is 1. The van der Waals surface area contributed by atoms with Crippen LogP contribution in [-0.4, -0.2) is 55.9 Å². The van der Waals surface area contributed by atoms with E-state index in [0.29, 0.717) is 13.1 Å². The van der Waals surface area contributed by atoms with E-state index in [2.05, 4.69) is 31.8 Å². The van der Waals surface area contributed by atoms with Gasteiger partial charge in [-0.05, 0) is 56.1 Å². The monoisotopic (exact) mass is 481 g/mol. The summed E-state index contributed by atoms with van der Waals surface area (Å²) in [5, 5.41) is 9.41. The topological polar surface area (TPSA) is 54.3 Å². The normalized spacial score (nSPS) is 15.3. The molecule has 8 heteroatoms. The average Bonchev–Trinajstić information content (AvgIpc) is 3.20. The van der Waals surface area contributed by atoms with Crippen LogP contribution in [0.25, 0.3) is 0 Å². The number of nitrogens with zero attached hydrogens (tertiary/aromatic N) is 5. The van der Waals surface area contributed by atoms with Crippen LogP contribution in [0.15, 0.2) is 59.8 Å². The molecule has 1 fully saturated rings. The van der Waals surface area contributed by atoms with Crippen molar-refractivity contribution in [2.75, 3.05) is 20.1 Å². The zero-order valence-electron chi connectivity index (χ0n) is 19.9. The van der Waals surface area contributed by atoms with Crippen LogP contribution >= 0.6 is 11.8 Å². The second kappa shape index (κ2) is 11.6. The van der Waals surface area contributed by atoms with Gasteiger partial charge in [0, 0.05) is 13.6 Å². The molecule has 1 atom stereocenters. The van der Waals surface area contributed by atoms with Gasteiger partial charge in [-0.1, -0.05) is 60.6 Å². The minimum Gasteiger partial charge on any atom is -0.340 e. The fourth-order valence-electron chi connectivity index (χ4n) is 4.27. The largest absolute Gasteiger partial charge is 0.340 e. The minimum atomic E-state index is -0.347. The Labute approximate surface area is 205 Å². The maximum Gasteiger partial charge on any atom is 0.235 e. The number of hydrogen-bond donors (Lipinski definition) is 0. The molecule has 1 unspecified atom stereocenters. The summed E-state index contributed by atoms with van der Waals surface area (Å²) in [5.41, 5.74) is 1.94. The Morgan fingerprint density at radius 2 is 1.76 bits per heavy atom. The highest BCUT2D eigenvalue weighted by molar-refractivity contribution is 8.00. The number of piperidine rings is 1. The van der Waals surface area contributed by atoms with Crippen LogP contribution in [0.1, 0.15) is 43.1 Å². The van der Waals surface area contributed by atoms with Crippen molar-refractivity contribution < 1.29 is 9.18 Å². The van der Waals surface area contributed by atoms with Crippen molar-refractivity contribution in [2.45, 2.75) is 56.2 Å². The molecular weight excluding hydrogens is 449 g/mol. The van der Waals surface area contributed by atoms with Crippen molar-refractivity contribution in [3.8, 4) is 0 Å². The van der Waals surface area contributed by atoms with E-state index < -0.39 is 0 Å².